The molecular weight excluding hydrogens is 391 g/mol. The van der Waals surface area contributed by atoms with Crippen LogP contribution in [0.2, 0.25) is 0 Å². The van der Waals surface area contributed by atoms with E-state index in [1.165, 1.54) is 37.4 Å². The molecule has 3 aromatic rings. The Labute approximate surface area is 171 Å². The summed E-state index contributed by atoms with van der Waals surface area (Å²) >= 11 is 0. The van der Waals surface area contributed by atoms with Gasteiger partial charge in [0.1, 0.15) is 23.1 Å². The first kappa shape index (κ1) is 19.4. The van der Waals surface area contributed by atoms with E-state index in [9.17, 15) is 19.1 Å². The molecule has 1 saturated heterocycles. The lowest BCUT2D eigenvalue weighted by Crippen LogP contribution is -2.29. The van der Waals surface area contributed by atoms with E-state index in [0.29, 0.717) is 22.6 Å². The van der Waals surface area contributed by atoms with Crippen LogP contribution in [0.4, 0.5) is 10.2 Å². The number of methoxy groups -OCH3 is 1. The number of aliphatic hydroxyl groups is 1. The van der Waals surface area contributed by atoms with Crippen molar-refractivity contribution in [2.75, 3.05) is 12.0 Å². The minimum atomic E-state index is -1.00. The number of hydrogen-bond acceptors (Lipinski definition) is 6. The van der Waals surface area contributed by atoms with Crippen molar-refractivity contribution >= 4 is 23.3 Å². The van der Waals surface area contributed by atoms with Crippen LogP contribution < -0.4 is 9.64 Å². The van der Waals surface area contributed by atoms with Crippen molar-refractivity contribution < 1.29 is 28.3 Å². The van der Waals surface area contributed by atoms with Crippen LogP contribution in [-0.2, 0) is 9.59 Å². The number of amides is 1. The summed E-state index contributed by atoms with van der Waals surface area (Å²) in [6, 6.07) is 12.2. The van der Waals surface area contributed by atoms with Crippen LogP contribution in [0, 0.1) is 12.7 Å². The fourth-order valence-electron chi connectivity index (χ4n) is 3.40. The topological polar surface area (TPSA) is 92.9 Å². The molecule has 0 bridgehead atoms. The van der Waals surface area contributed by atoms with E-state index in [2.05, 4.69) is 5.16 Å². The first-order chi connectivity index (χ1) is 14.4. The molecule has 1 aliphatic heterocycles. The van der Waals surface area contributed by atoms with Gasteiger partial charge >= 0.3 is 5.91 Å². The lowest BCUT2D eigenvalue weighted by atomic mass is 9.95. The Balaban J connectivity index is 1.91. The third-order valence-corrected chi connectivity index (χ3v) is 4.86. The van der Waals surface area contributed by atoms with E-state index in [4.69, 9.17) is 9.26 Å². The minimum Gasteiger partial charge on any atom is -0.507 e. The maximum Gasteiger partial charge on any atom is 0.301 e. The Morgan fingerprint density at radius 2 is 1.80 bits per heavy atom. The summed E-state index contributed by atoms with van der Waals surface area (Å²) in [6.07, 6.45) is 0. The zero-order chi connectivity index (χ0) is 21.4. The molecule has 0 radical (unpaired) electrons. The van der Waals surface area contributed by atoms with Crippen molar-refractivity contribution in [1.82, 2.24) is 5.16 Å². The van der Waals surface area contributed by atoms with Gasteiger partial charge in [-0.05, 0) is 48.9 Å². The van der Waals surface area contributed by atoms with Gasteiger partial charge in [0.05, 0.1) is 18.7 Å². The zero-order valence-electron chi connectivity index (χ0n) is 16.1. The van der Waals surface area contributed by atoms with Gasteiger partial charge in [-0.1, -0.05) is 17.3 Å². The summed E-state index contributed by atoms with van der Waals surface area (Å²) in [5.41, 5.74) is 0.640. The molecule has 1 amide bonds. The van der Waals surface area contributed by atoms with Gasteiger partial charge in [0.2, 0.25) is 0 Å². The van der Waals surface area contributed by atoms with Gasteiger partial charge in [0.15, 0.2) is 5.82 Å². The Morgan fingerprint density at radius 3 is 2.37 bits per heavy atom. The molecule has 0 unspecified atom stereocenters. The van der Waals surface area contributed by atoms with Crippen molar-refractivity contribution in [2.24, 2.45) is 0 Å². The molecule has 0 aliphatic carbocycles. The number of benzene rings is 2. The number of nitrogens with zero attached hydrogens (tertiary/aromatic N) is 2. The number of aryl methyl sites for hydroxylation is 1. The smallest absolute Gasteiger partial charge is 0.301 e. The number of rotatable bonds is 4. The van der Waals surface area contributed by atoms with Crippen LogP contribution in [0.25, 0.3) is 5.76 Å². The van der Waals surface area contributed by atoms with E-state index < -0.39 is 23.5 Å². The highest BCUT2D eigenvalue weighted by molar-refractivity contribution is 6.51. The van der Waals surface area contributed by atoms with Crippen LogP contribution in [0.5, 0.6) is 5.75 Å². The second kappa shape index (κ2) is 7.47. The molecule has 1 atom stereocenters. The van der Waals surface area contributed by atoms with Crippen molar-refractivity contribution in [3.05, 3.63) is 82.9 Å². The number of hydrogen-bond donors (Lipinski definition) is 1. The first-order valence-electron chi connectivity index (χ1n) is 9.05. The van der Waals surface area contributed by atoms with Crippen LogP contribution in [0.15, 0.2) is 64.7 Å². The number of carbonyl (C=O) groups is 2. The molecular formula is C22H17FN2O5. The van der Waals surface area contributed by atoms with E-state index in [1.54, 1.807) is 31.2 Å². The molecule has 4 rings (SSSR count). The maximum absolute atomic E-state index is 13.5. The van der Waals surface area contributed by atoms with Crippen molar-refractivity contribution in [3.63, 3.8) is 0 Å². The summed E-state index contributed by atoms with van der Waals surface area (Å²) in [5.74, 6) is -1.43. The Kier molecular flexibility index (Phi) is 4.83. The van der Waals surface area contributed by atoms with Gasteiger partial charge in [0.25, 0.3) is 5.78 Å². The number of ether oxygens (including phenoxy) is 1. The minimum absolute atomic E-state index is 0.123. The number of aliphatic hydroxyl groups excluding tert-OH is 1. The molecule has 152 valence electrons. The molecule has 2 aromatic carbocycles. The zero-order valence-corrected chi connectivity index (χ0v) is 16.1. The summed E-state index contributed by atoms with van der Waals surface area (Å²) < 4.78 is 23.7. The molecule has 1 aromatic heterocycles. The van der Waals surface area contributed by atoms with Crippen LogP contribution >= 0.6 is 0 Å². The van der Waals surface area contributed by atoms with E-state index in [0.717, 1.165) is 4.90 Å². The van der Waals surface area contributed by atoms with E-state index in [-0.39, 0.29) is 17.2 Å². The van der Waals surface area contributed by atoms with Gasteiger partial charge in [-0.3, -0.25) is 14.5 Å². The molecule has 1 N–H and O–H groups in total. The Morgan fingerprint density at radius 1 is 1.13 bits per heavy atom. The van der Waals surface area contributed by atoms with Crippen molar-refractivity contribution in [2.45, 2.75) is 13.0 Å². The second-order valence-corrected chi connectivity index (χ2v) is 6.74. The number of Topliss-reactive ketones (excluding diaryl/α,β-unsaturated/α-hetero) is 1. The molecule has 2 heterocycles. The lowest BCUT2D eigenvalue weighted by molar-refractivity contribution is -0.132. The Bertz CT molecular complexity index is 1150. The largest absolute Gasteiger partial charge is 0.507 e. The fourth-order valence-corrected chi connectivity index (χ4v) is 3.40. The monoisotopic (exact) mass is 408 g/mol. The summed E-state index contributed by atoms with van der Waals surface area (Å²) in [5, 5.41) is 14.8. The number of anilines is 1. The summed E-state index contributed by atoms with van der Waals surface area (Å²) in [7, 11) is 1.51. The van der Waals surface area contributed by atoms with Crippen LogP contribution in [0.3, 0.4) is 0 Å². The predicted molar refractivity (Wildman–Crippen MR) is 105 cm³/mol. The predicted octanol–water partition coefficient (Wildman–Crippen LogP) is 3.76. The number of carbonyl (C=O) groups excluding carboxylic acids is 2. The van der Waals surface area contributed by atoms with Crippen molar-refractivity contribution in [3.8, 4) is 5.75 Å². The quantitative estimate of drug-likeness (QED) is 0.401. The van der Waals surface area contributed by atoms with Gasteiger partial charge < -0.3 is 14.4 Å². The second-order valence-electron chi connectivity index (χ2n) is 6.74. The number of aromatic nitrogens is 1. The fraction of sp³-hybridized carbons (Fsp3) is 0.136. The average molecular weight is 408 g/mol. The molecule has 0 spiro atoms. The van der Waals surface area contributed by atoms with Crippen molar-refractivity contribution in [1.29, 1.82) is 0 Å². The highest BCUT2D eigenvalue weighted by atomic mass is 19.1. The molecule has 7 nitrogen and oxygen atoms in total. The summed E-state index contributed by atoms with van der Waals surface area (Å²) in [6.45, 7) is 1.65. The highest BCUT2D eigenvalue weighted by Crippen LogP contribution is 2.42. The van der Waals surface area contributed by atoms with Gasteiger partial charge in [-0.2, -0.15) is 0 Å². The highest BCUT2D eigenvalue weighted by Gasteiger charge is 2.48. The maximum atomic E-state index is 13.5. The van der Waals surface area contributed by atoms with Gasteiger partial charge in [0, 0.05) is 11.6 Å². The summed E-state index contributed by atoms with van der Waals surface area (Å²) in [4.78, 5) is 26.9. The first-order valence-corrected chi connectivity index (χ1v) is 9.05. The molecule has 30 heavy (non-hydrogen) atoms. The molecule has 8 heteroatoms. The van der Waals surface area contributed by atoms with Gasteiger partial charge in [-0.15, -0.1) is 0 Å². The standard InChI is InChI=1S/C22H17FN2O5/c1-12-11-17(24-30-12)25-19(13-3-7-15(23)8-4-13)18(21(27)22(25)28)20(26)14-5-9-16(29-2)10-6-14/h3-11,19,26H,1-2H3/b20-18+/t19-/m1/s1. The van der Waals surface area contributed by atoms with Crippen LogP contribution in [-0.4, -0.2) is 29.1 Å². The normalized spacial score (nSPS) is 18.1. The molecule has 0 saturated carbocycles. The molecule has 1 fully saturated rings. The van der Waals surface area contributed by atoms with Crippen LogP contribution in [0.1, 0.15) is 22.9 Å². The SMILES string of the molecule is COc1ccc(/C(O)=C2\C(=O)C(=O)N(c3cc(C)on3)[C@@H]2c2ccc(F)cc2)cc1. The third kappa shape index (κ3) is 3.22. The average Bonchev–Trinajstić information content (AvgIpc) is 3.29. The Hall–Kier alpha value is -3.94. The van der Waals surface area contributed by atoms with E-state index in [1.807, 2.05) is 0 Å². The number of ketones is 1. The van der Waals surface area contributed by atoms with Gasteiger partial charge in [-0.25, -0.2) is 4.39 Å². The lowest BCUT2D eigenvalue weighted by Gasteiger charge is -2.22. The molecule has 1 aliphatic rings. The number of halogens is 1. The van der Waals surface area contributed by atoms with E-state index >= 15 is 0 Å². The third-order valence-electron chi connectivity index (χ3n) is 4.86.